The lowest BCUT2D eigenvalue weighted by molar-refractivity contribution is 0.105. The largest absolute Gasteiger partial charge is 0.421 e. The first-order valence-corrected chi connectivity index (χ1v) is 11.9. The summed E-state index contributed by atoms with van der Waals surface area (Å²) in [6.45, 7) is 6.90. The molecular weight excluding hydrogens is 428 g/mol. The third-order valence-corrected chi connectivity index (χ3v) is 7.77. The number of rotatable bonds is 6. The Kier molecular flexibility index (Phi) is 6.27. The normalized spacial score (nSPS) is 20.4. The van der Waals surface area contributed by atoms with Gasteiger partial charge in [0.25, 0.3) is 0 Å². The number of hydrogen-bond donors (Lipinski definition) is 0. The van der Waals surface area contributed by atoms with Crippen molar-refractivity contribution < 1.29 is 12.8 Å². The van der Waals surface area contributed by atoms with E-state index in [9.17, 15) is 8.42 Å². The Bertz CT molecular complexity index is 1140. The maximum atomic E-state index is 13.8. The lowest BCUT2D eigenvalue weighted by atomic mass is 10.1. The van der Waals surface area contributed by atoms with Crippen molar-refractivity contribution in [2.75, 3.05) is 24.4 Å². The maximum Gasteiger partial charge on any atom is 0.304 e. The van der Waals surface area contributed by atoms with Gasteiger partial charge in [0.1, 0.15) is 0 Å². The van der Waals surface area contributed by atoms with Crippen molar-refractivity contribution in [3.63, 3.8) is 0 Å². The van der Waals surface area contributed by atoms with E-state index in [0.29, 0.717) is 30.6 Å². The maximum absolute atomic E-state index is 13.8. The van der Waals surface area contributed by atoms with Crippen molar-refractivity contribution >= 4 is 15.9 Å². The predicted octanol–water partition coefficient (Wildman–Crippen LogP) is 2.72. The van der Waals surface area contributed by atoms with Crippen molar-refractivity contribution in [3.05, 3.63) is 60.2 Å². The second-order valence-corrected chi connectivity index (χ2v) is 10.1. The number of anilines is 1. The number of nitrogens with zero attached hydrogens (tertiary/aromatic N) is 6. The minimum absolute atomic E-state index is 0.126. The summed E-state index contributed by atoms with van der Waals surface area (Å²) in [7, 11) is -1.73. The average Bonchev–Trinajstić information content (AvgIpc) is 3.22. The minimum Gasteiger partial charge on any atom is -0.421 e. The molecule has 4 rings (SSSR count). The van der Waals surface area contributed by atoms with E-state index in [0.717, 1.165) is 11.1 Å². The SMILES string of the molecule is Cc1nnc(-c2ccc(CN(c3cccnc3)S(=O)(=O)N3C[C@@H](C)N(C)[C@@H](C)C3)cc2)o1. The Morgan fingerprint density at radius 2 is 1.78 bits per heavy atom. The third kappa shape index (κ3) is 4.52. The Labute approximate surface area is 188 Å². The summed E-state index contributed by atoms with van der Waals surface area (Å²) < 4.78 is 36.0. The monoisotopic (exact) mass is 456 g/mol. The first-order valence-electron chi connectivity index (χ1n) is 10.5. The van der Waals surface area contributed by atoms with E-state index >= 15 is 0 Å². The third-order valence-electron chi connectivity index (χ3n) is 5.92. The molecule has 0 unspecified atom stereocenters. The Morgan fingerprint density at radius 3 is 2.34 bits per heavy atom. The van der Waals surface area contributed by atoms with Gasteiger partial charge in [-0.3, -0.25) is 14.2 Å². The van der Waals surface area contributed by atoms with Crippen LogP contribution < -0.4 is 4.31 Å². The Balaban J connectivity index is 1.63. The second kappa shape index (κ2) is 8.97. The second-order valence-electron chi connectivity index (χ2n) is 8.23. The molecule has 1 aromatic carbocycles. The van der Waals surface area contributed by atoms with Gasteiger partial charge in [-0.05, 0) is 50.7 Å². The molecule has 1 saturated heterocycles. The fourth-order valence-corrected chi connectivity index (χ4v) is 5.60. The molecule has 10 heteroatoms. The molecule has 0 N–H and O–H groups in total. The number of likely N-dealkylation sites (N-methyl/N-ethyl adjacent to an activating group) is 1. The van der Waals surface area contributed by atoms with Crippen LogP contribution in [0.25, 0.3) is 11.5 Å². The summed E-state index contributed by atoms with van der Waals surface area (Å²) in [5.41, 5.74) is 2.16. The summed E-state index contributed by atoms with van der Waals surface area (Å²) >= 11 is 0. The number of benzene rings is 1. The van der Waals surface area contributed by atoms with Crippen LogP contribution in [0.3, 0.4) is 0 Å². The fourth-order valence-electron chi connectivity index (χ4n) is 3.82. The van der Waals surface area contributed by atoms with Gasteiger partial charge in [0.05, 0.1) is 18.4 Å². The summed E-state index contributed by atoms with van der Waals surface area (Å²) in [6.07, 6.45) is 3.21. The molecule has 0 saturated carbocycles. The lowest BCUT2D eigenvalue weighted by Crippen LogP contribution is -2.59. The molecule has 0 bridgehead atoms. The molecule has 1 fully saturated rings. The van der Waals surface area contributed by atoms with Gasteiger partial charge in [0, 0.05) is 43.9 Å². The van der Waals surface area contributed by atoms with Gasteiger partial charge in [-0.2, -0.15) is 12.7 Å². The van der Waals surface area contributed by atoms with Crippen LogP contribution in [0.1, 0.15) is 25.3 Å². The summed E-state index contributed by atoms with van der Waals surface area (Å²) in [4.78, 5) is 6.35. The van der Waals surface area contributed by atoms with Crippen LogP contribution in [0.5, 0.6) is 0 Å². The Morgan fingerprint density at radius 1 is 1.09 bits per heavy atom. The molecule has 3 heterocycles. The van der Waals surface area contributed by atoms with Crippen LogP contribution in [0, 0.1) is 6.92 Å². The first-order chi connectivity index (χ1) is 15.3. The standard InChI is InChI=1S/C22H28N6O3S/c1-16-13-27(14-17(2)26(16)4)32(29,30)28(21-6-5-11-23-12-21)15-19-7-9-20(10-8-19)22-25-24-18(3)31-22/h5-12,16-17H,13-15H2,1-4H3/t16-,17+. The summed E-state index contributed by atoms with van der Waals surface area (Å²) in [5, 5.41) is 7.89. The number of aromatic nitrogens is 3. The Hall–Kier alpha value is -2.82. The van der Waals surface area contributed by atoms with E-state index in [1.165, 1.54) is 4.31 Å². The van der Waals surface area contributed by atoms with Crippen LogP contribution in [0.15, 0.2) is 53.2 Å². The molecule has 9 nitrogen and oxygen atoms in total. The number of pyridine rings is 1. The fraction of sp³-hybridized carbons (Fsp3) is 0.409. The van der Waals surface area contributed by atoms with E-state index < -0.39 is 10.2 Å². The molecule has 1 aliphatic rings. The van der Waals surface area contributed by atoms with Gasteiger partial charge < -0.3 is 4.42 Å². The first kappa shape index (κ1) is 22.4. The van der Waals surface area contributed by atoms with E-state index in [1.54, 1.807) is 35.8 Å². The molecule has 170 valence electrons. The molecule has 0 amide bonds. The molecule has 1 aliphatic heterocycles. The van der Waals surface area contributed by atoms with E-state index in [4.69, 9.17) is 4.42 Å². The summed E-state index contributed by atoms with van der Waals surface area (Å²) in [6, 6.07) is 11.2. The summed E-state index contributed by atoms with van der Waals surface area (Å²) in [5.74, 6) is 0.930. The molecule has 3 aromatic rings. The average molecular weight is 457 g/mol. The van der Waals surface area contributed by atoms with E-state index in [-0.39, 0.29) is 18.6 Å². The van der Waals surface area contributed by atoms with Crippen molar-refractivity contribution in [3.8, 4) is 11.5 Å². The predicted molar refractivity (Wildman–Crippen MR) is 122 cm³/mol. The van der Waals surface area contributed by atoms with E-state index in [2.05, 4.69) is 20.1 Å². The van der Waals surface area contributed by atoms with Gasteiger partial charge in [0.15, 0.2) is 0 Å². The molecular formula is C22H28N6O3S. The molecule has 2 aromatic heterocycles. The van der Waals surface area contributed by atoms with Crippen LogP contribution in [-0.4, -0.2) is 65.0 Å². The number of hydrogen-bond acceptors (Lipinski definition) is 7. The van der Waals surface area contributed by atoms with Crippen LogP contribution in [-0.2, 0) is 16.8 Å². The molecule has 2 atom stereocenters. The zero-order valence-electron chi connectivity index (χ0n) is 18.7. The molecule has 0 spiro atoms. The van der Waals surface area contributed by atoms with Gasteiger partial charge in [0.2, 0.25) is 11.8 Å². The highest BCUT2D eigenvalue weighted by Crippen LogP contribution is 2.26. The molecule has 0 aliphatic carbocycles. The molecule has 32 heavy (non-hydrogen) atoms. The highest BCUT2D eigenvalue weighted by atomic mass is 32.2. The van der Waals surface area contributed by atoms with Crippen molar-refractivity contribution in [1.82, 2.24) is 24.4 Å². The highest BCUT2D eigenvalue weighted by molar-refractivity contribution is 7.90. The van der Waals surface area contributed by atoms with Crippen molar-refractivity contribution in [2.24, 2.45) is 0 Å². The minimum atomic E-state index is -3.76. The van der Waals surface area contributed by atoms with Crippen LogP contribution in [0.2, 0.25) is 0 Å². The highest BCUT2D eigenvalue weighted by Gasteiger charge is 2.37. The quantitative estimate of drug-likeness (QED) is 0.563. The lowest BCUT2D eigenvalue weighted by Gasteiger charge is -2.43. The van der Waals surface area contributed by atoms with Gasteiger partial charge >= 0.3 is 10.2 Å². The van der Waals surface area contributed by atoms with Crippen molar-refractivity contribution in [2.45, 2.75) is 39.4 Å². The number of piperazine rings is 1. The van der Waals surface area contributed by atoms with Crippen LogP contribution in [0.4, 0.5) is 5.69 Å². The van der Waals surface area contributed by atoms with Gasteiger partial charge in [-0.25, -0.2) is 0 Å². The topological polar surface area (TPSA) is 95.7 Å². The zero-order valence-corrected chi connectivity index (χ0v) is 19.5. The smallest absolute Gasteiger partial charge is 0.304 e. The van der Waals surface area contributed by atoms with Gasteiger partial charge in [-0.1, -0.05) is 12.1 Å². The molecule has 0 radical (unpaired) electrons. The van der Waals surface area contributed by atoms with Crippen molar-refractivity contribution in [1.29, 1.82) is 0 Å². The van der Waals surface area contributed by atoms with Crippen LogP contribution >= 0.6 is 0 Å². The zero-order chi connectivity index (χ0) is 22.9. The van der Waals surface area contributed by atoms with Gasteiger partial charge in [-0.15, -0.1) is 10.2 Å². The van der Waals surface area contributed by atoms with E-state index in [1.807, 2.05) is 45.2 Å². The number of aryl methyl sites for hydroxylation is 1.